The molecular weight excluding hydrogens is 675 g/mol. The molecule has 3 aliphatic rings. The van der Waals surface area contributed by atoms with Gasteiger partial charge in [0.15, 0.2) is 0 Å². The van der Waals surface area contributed by atoms with E-state index in [4.69, 9.17) is 4.98 Å². The predicted octanol–water partition coefficient (Wildman–Crippen LogP) is 13.9. The Hall–Kier alpha value is -6.83. The van der Waals surface area contributed by atoms with Gasteiger partial charge in [-0.05, 0) is 119 Å². The lowest BCUT2D eigenvalue weighted by Gasteiger charge is -2.30. The van der Waals surface area contributed by atoms with Crippen LogP contribution in [0.5, 0.6) is 0 Å². The molecule has 0 radical (unpaired) electrons. The van der Waals surface area contributed by atoms with E-state index in [1.165, 1.54) is 88.7 Å². The number of pyridine rings is 1. The predicted molar refractivity (Wildman–Crippen MR) is 232 cm³/mol. The van der Waals surface area contributed by atoms with Crippen molar-refractivity contribution in [3.05, 3.63) is 221 Å². The van der Waals surface area contributed by atoms with Crippen LogP contribution in [0, 0.1) is 0 Å². The molecule has 3 aliphatic carbocycles. The molecule has 1 heteroatoms. The van der Waals surface area contributed by atoms with Crippen LogP contribution < -0.4 is 0 Å². The van der Waals surface area contributed by atoms with Gasteiger partial charge in [-0.25, -0.2) is 4.98 Å². The minimum Gasteiger partial charge on any atom is -0.248 e. The normalized spacial score (nSPS) is 14.5. The van der Waals surface area contributed by atoms with E-state index in [1.54, 1.807) is 0 Å². The summed E-state index contributed by atoms with van der Waals surface area (Å²) in [6.07, 6.45) is 0. The summed E-state index contributed by atoms with van der Waals surface area (Å²) in [6.45, 7) is 4.69. The number of rotatable bonds is 3. The van der Waals surface area contributed by atoms with Crippen LogP contribution in [0.3, 0.4) is 0 Å². The molecule has 0 bridgehead atoms. The molecule has 0 fully saturated rings. The third-order valence-electron chi connectivity index (χ3n) is 13.1. The highest BCUT2D eigenvalue weighted by Crippen LogP contribution is 2.63. The summed E-state index contributed by atoms with van der Waals surface area (Å²) in [6, 6.07) is 70.0. The zero-order chi connectivity index (χ0) is 37.2. The van der Waals surface area contributed by atoms with Crippen molar-refractivity contribution in [2.45, 2.75) is 24.7 Å². The second kappa shape index (κ2) is 11.4. The Kier molecular flexibility index (Phi) is 6.39. The van der Waals surface area contributed by atoms with E-state index >= 15 is 0 Å². The molecule has 56 heavy (non-hydrogen) atoms. The van der Waals surface area contributed by atoms with Gasteiger partial charge in [-0.2, -0.15) is 0 Å². The van der Waals surface area contributed by atoms with Gasteiger partial charge in [0.2, 0.25) is 0 Å². The third-order valence-corrected chi connectivity index (χ3v) is 13.1. The van der Waals surface area contributed by atoms with Crippen molar-refractivity contribution in [2.75, 3.05) is 0 Å². The molecule has 1 heterocycles. The monoisotopic (exact) mass is 711 g/mol. The largest absolute Gasteiger partial charge is 0.248 e. The first-order chi connectivity index (χ1) is 27.5. The van der Waals surface area contributed by atoms with Gasteiger partial charge in [0.05, 0.1) is 16.8 Å². The average molecular weight is 712 g/mol. The Morgan fingerprint density at radius 2 is 0.714 bits per heavy atom. The Balaban J connectivity index is 1.08. The topological polar surface area (TPSA) is 12.9 Å². The summed E-state index contributed by atoms with van der Waals surface area (Å²) in [7, 11) is 0. The molecule has 0 amide bonds. The van der Waals surface area contributed by atoms with Gasteiger partial charge in [-0.1, -0.05) is 172 Å². The standard InChI is InChI=1S/C55H37N/c1-54(2)46-19-9-5-17-42(46)44-30-36(25-27-47(44)54)39-32-52(37-24-23-34-13-3-4-14-35(34)29-37)56-53(33-39)38-26-28-51-45(31-38)43-18-8-12-22-50(43)55(51)48-20-10-6-15-40(48)41-16-7-11-21-49(41)55/h3-33H,1-2H3. The molecule has 8 aromatic carbocycles. The van der Waals surface area contributed by atoms with Gasteiger partial charge in [-0.15, -0.1) is 0 Å². The number of aromatic nitrogens is 1. The molecule has 1 aromatic heterocycles. The fourth-order valence-electron chi connectivity index (χ4n) is 10.5. The highest BCUT2D eigenvalue weighted by molar-refractivity contribution is 5.96. The lowest BCUT2D eigenvalue weighted by Crippen LogP contribution is -2.25. The molecule has 0 saturated carbocycles. The van der Waals surface area contributed by atoms with Crippen molar-refractivity contribution in [2.24, 2.45) is 0 Å². The molecule has 0 aliphatic heterocycles. The number of hydrogen-bond donors (Lipinski definition) is 0. The minimum atomic E-state index is -0.363. The summed E-state index contributed by atoms with van der Waals surface area (Å²) < 4.78 is 0. The van der Waals surface area contributed by atoms with Gasteiger partial charge >= 0.3 is 0 Å². The van der Waals surface area contributed by atoms with Crippen molar-refractivity contribution in [3.8, 4) is 67.0 Å². The summed E-state index contributed by atoms with van der Waals surface area (Å²) in [5, 5.41) is 2.44. The maximum absolute atomic E-state index is 5.48. The SMILES string of the molecule is CC1(C)c2ccccc2-c2cc(-c3cc(-c4ccc5c(c4)-c4ccccc4C54c5ccccc5-c5ccccc54)nc(-c4ccc5ccccc5c4)c3)ccc21. The Morgan fingerprint density at radius 3 is 1.38 bits per heavy atom. The first-order valence-electron chi connectivity index (χ1n) is 19.7. The number of fused-ring (bicyclic) bond motifs is 14. The number of hydrogen-bond acceptors (Lipinski definition) is 1. The molecule has 12 rings (SSSR count). The van der Waals surface area contributed by atoms with Crippen LogP contribution in [0.2, 0.25) is 0 Å². The summed E-state index contributed by atoms with van der Waals surface area (Å²) in [5.41, 5.74) is 22.2. The van der Waals surface area contributed by atoms with E-state index in [9.17, 15) is 0 Å². The number of nitrogens with zero attached hydrogens (tertiary/aromatic N) is 1. The third kappa shape index (κ3) is 4.18. The smallest absolute Gasteiger partial charge is 0.0725 e. The van der Waals surface area contributed by atoms with Crippen molar-refractivity contribution < 1.29 is 0 Å². The summed E-state index contributed by atoms with van der Waals surface area (Å²) in [4.78, 5) is 5.48. The van der Waals surface area contributed by atoms with Crippen LogP contribution in [-0.4, -0.2) is 4.98 Å². The molecule has 0 atom stereocenters. The second-order valence-electron chi connectivity index (χ2n) is 16.3. The maximum atomic E-state index is 5.48. The first kappa shape index (κ1) is 31.5. The average Bonchev–Trinajstić information content (AvgIpc) is 3.81. The van der Waals surface area contributed by atoms with Crippen LogP contribution in [0.15, 0.2) is 188 Å². The second-order valence-corrected chi connectivity index (χ2v) is 16.3. The fourth-order valence-corrected chi connectivity index (χ4v) is 10.5. The van der Waals surface area contributed by atoms with E-state index in [0.717, 1.165) is 22.5 Å². The van der Waals surface area contributed by atoms with E-state index in [0.29, 0.717) is 0 Å². The molecule has 262 valence electrons. The Labute approximate surface area is 327 Å². The molecule has 1 spiro atoms. The van der Waals surface area contributed by atoms with Gasteiger partial charge in [-0.3, -0.25) is 0 Å². The van der Waals surface area contributed by atoms with Crippen LogP contribution in [0.4, 0.5) is 0 Å². The van der Waals surface area contributed by atoms with E-state index in [2.05, 4.69) is 202 Å². The van der Waals surface area contributed by atoms with Crippen LogP contribution in [0.25, 0.3) is 77.8 Å². The van der Waals surface area contributed by atoms with Gasteiger partial charge in [0, 0.05) is 16.5 Å². The van der Waals surface area contributed by atoms with E-state index in [-0.39, 0.29) is 10.8 Å². The Bertz CT molecular complexity index is 3080. The number of benzene rings is 8. The zero-order valence-electron chi connectivity index (χ0n) is 31.3. The summed E-state index contributed by atoms with van der Waals surface area (Å²) in [5.74, 6) is 0. The molecule has 9 aromatic rings. The Morgan fingerprint density at radius 1 is 0.304 bits per heavy atom. The highest BCUT2D eigenvalue weighted by atomic mass is 14.7. The molecule has 1 nitrogen and oxygen atoms in total. The quantitative estimate of drug-likeness (QED) is 0.178. The van der Waals surface area contributed by atoms with Crippen molar-refractivity contribution in [1.82, 2.24) is 4.98 Å². The van der Waals surface area contributed by atoms with Gasteiger partial charge in [0.25, 0.3) is 0 Å². The minimum absolute atomic E-state index is 0.0392. The van der Waals surface area contributed by atoms with Crippen molar-refractivity contribution >= 4 is 10.8 Å². The van der Waals surface area contributed by atoms with Gasteiger partial charge < -0.3 is 0 Å². The summed E-state index contributed by atoms with van der Waals surface area (Å²) >= 11 is 0. The van der Waals surface area contributed by atoms with Crippen LogP contribution >= 0.6 is 0 Å². The van der Waals surface area contributed by atoms with Crippen LogP contribution in [-0.2, 0) is 10.8 Å². The molecular formula is C55H37N. The van der Waals surface area contributed by atoms with E-state index in [1.807, 2.05) is 0 Å². The molecule has 0 unspecified atom stereocenters. The first-order valence-corrected chi connectivity index (χ1v) is 19.7. The highest BCUT2D eigenvalue weighted by Gasteiger charge is 2.51. The van der Waals surface area contributed by atoms with Gasteiger partial charge in [0.1, 0.15) is 0 Å². The van der Waals surface area contributed by atoms with Crippen molar-refractivity contribution in [1.29, 1.82) is 0 Å². The lowest BCUT2D eigenvalue weighted by atomic mass is 9.70. The molecule has 0 N–H and O–H groups in total. The zero-order valence-corrected chi connectivity index (χ0v) is 31.3. The lowest BCUT2D eigenvalue weighted by molar-refractivity contribution is 0.660. The van der Waals surface area contributed by atoms with Crippen molar-refractivity contribution in [3.63, 3.8) is 0 Å². The fraction of sp³-hybridized carbons (Fsp3) is 0.0727. The van der Waals surface area contributed by atoms with E-state index < -0.39 is 0 Å². The van der Waals surface area contributed by atoms with Crippen LogP contribution in [0.1, 0.15) is 47.2 Å². The maximum Gasteiger partial charge on any atom is 0.0725 e. The molecule has 0 saturated heterocycles.